The smallest absolute Gasteiger partial charge is 0.289 e. The molecule has 8 N–H and O–H groups in total. The number of ketones is 2. The minimum atomic E-state index is -1.12. The van der Waals surface area contributed by atoms with E-state index in [0.717, 1.165) is 40.7 Å². The molecule has 95 heavy (non-hydrogen) atoms. The number of hydrogen-bond acceptors (Lipinski definition) is 11. The summed E-state index contributed by atoms with van der Waals surface area (Å²) in [4.78, 5) is 106. The number of aromatic amines is 2. The largest absolute Gasteiger partial charge is 0.363 e. The molecule has 3 aliphatic rings. The van der Waals surface area contributed by atoms with Crippen LogP contribution in [-0.2, 0) is 29.2 Å². The lowest BCUT2D eigenvalue weighted by molar-refractivity contribution is -0.114. The fourth-order valence-corrected chi connectivity index (χ4v) is 13.4. The number of H-pyrrole nitrogens is 2. The van der Waals surface area contributed by atoms with Gasteiger partial charge >= 0.3 is 0 Å². The fraction of sp³-hybridized carbons (Fsp3) is 0.300. The Morgan fingerprint density at radius 3 is 1.22 bits per heavy atom. The van der Waals surface area contributed by atoms with Crippen molar-refractivity contribution in [2.45, 2.75) is 97.4 Å². The van der Waals surface area contributed by atoms with Gasteiger partial charge in [0.25, 0.3) is 41.1 Å². The Kier molecular flexibility index (Phi) is 20.9. The van der Waals surface area contributed by atoms with Crippen LogP contribution < -0.4 is 17.3 Å². The third-order valence-corrected chi connectivity index (χ3v) is 18.9. The van der Waals surface area contributed by atoms with Gasteiger partial charge in [-0.05, 0) is 137 Å². The number of nitrogens with zero attached hydrogens (tertiary/aromatic N) is 7. The number of piperazine rings is 3. The van der Waals surface area contributed by atoms with Crippen molar-refractivity contribution in [3.8, 4) is 0 Å². The second-order valence-corrected chi connectivity index (χ2v) is 26.0. The Balaban J connectivity index is 0.000000156. The molecule has 0 radical (unpaired) electrons. The van der Waals surface area contributed by atoms with Gasteiger partial charge in [-0.1, -0.05) is 71.2 Å². The van der Waals surface area contributed by atoms with Crippen LogP contribution in [0.4, 0.5) is 13.2 Å². The van der Waals surface area contributed by atoms with Crippen molar-refractivity contribution in [2.75, 3.05) is 45.1 Å². The van der Waals surface area contributed by atoms with E-state index in [1.54, 1.807) is 40.1 Å². The molecular formula is C70H72Cl3F3N12O7. The van der Waals surface area contributed by atoms with Crippen LogP contribution in [0.25, 0.3) is 32.7 Å². The molecule has 19 nitrogen and oxygen atoms in total. The number of halogens is 6. The van der Waals surface area contributed by atoms with E-state index in [0.29, 0.717) is 78.2 Å². The number of Topliss-reactive ketones (excluding diaryl/α,β-unsaturated/α-hetero) is 2. The van der Waals surface area contributed by atoms with Crippen LogP contribution >= 0.6 is 34.8 Å². The quantitative estimate of drug-likeness (QED) is 0.0412. The Labute approximate surface area is 561 Å². The van der Waals surface area contributed by atoms with Crippen molar-refractivity contribution in [3.05, 3.63) is 211 Å². The normalized spacial score (nSPS) is 19.5. The maximum Gasteiger partial charge on any atom is 0.289 e. The van der Waals surface area contributed by atoms with Gasteiger partial charge in [0.1, 0.15) is 17.5 Å². The molecule has 3 aliphatic heterocycles. The lowest BCUT2D eigenvalue weighted by Crippen LogP contribution is -2.57. The van der Waals surface area contributed by atoms with Gasteiger partial charge in [0, 0.05) is 141 Å². The summed E-state index contributed by atoms with van der Waals surface area (Å²) in [5.41, 5.74) is 16.4. The molecule has 9 aromatic rings. The molecule has 6 aromatic carbocycles. The summed E-state index contributed by atoms with van der Waals surface area (Å²) < 4.78 is 40.8. The van der Waals surface area contributed by atoms with E-state index < -0.39 is 23.4 Å². The van der Waals surface area contributed by atoms with Crippen LogP contribution in [-0.4, -0.2) is 161 Å². The third kappa shape index (κ3) is 15.2. The number of nitrogen functional groups attached to an aromatic ring is 1. The third-order valence-electron chi connectivity index (χ3n) is 18.0. The number of carbonyl (C=O) groups is 7. The molecule has 0 spiro atoms. The Morgan fingerprint density at radius 1 is 0.442 bits per heavy atom. The van der Waals surface area contributed by atoms with Gasteiger partial charge < -0.3 is 42.0 Å². The monoisotopic (exact) mass is 1350 g/mol. The highest BCUT2D eigenvalue weighted by atomic mass is 35.5. The molecule has 3 saturated heterocycles. The standard InChI is InChI=1S/C24H25ClFN5O3.C24H24ClFN4O3.C22H23ClFN3O/c1-13-10-30(14(2)9-29(13)11-15-3-5-16(26)6-4-15)24(34)18-7-17-19(22(32)23(27)33)12-31(28)21(17)8-20(18)25;1-13-11-30(14(2)10-29(13)12-15-3-5-16(26)6-4-15)24(33)18-7-17-19(22(31)23(27)32)9-28-21(17)8-20(18)25;1-14-12-27(15(2)11-26(14)13-16-3-5-18(24)6-4-16)22(28)19-9-17-7-8-25-21(17)10-20(19)23/h3-8,12-14H,9-11,28H2,1-2H3,(H2,27,33);3-9,13-14,28H,10-12H2,1-2H3,(H2,27,32);3-10,14-15,25H,11-13H2,1-2H3/t2*13-,14+;14-,15+/m000/s1. The second kappa shape index (κ2) is 28.9. The first kappa shape index (κ1) is 68.8. The van der Waals surface area contributed by atoms with Crippen molar-refractivity contribution < 1.29 is 46.7 Å². The number of benzene rings is 6. The molecule has 3 aromatic heterocycles. The maximum absolute atomic E-state index is 13.5. The number of carbonyl (C=O) groups excluding carboxylic acids is 7. The number of nitrogens with one attached hydrogen (secondary N) is 2. The number of rotatable bonds is 13. The van der Waals surface area contributed by atoms with E-state index >= 15 is 0 Å². The lowest BCUT2D eigenvalue weighted by Gasteiger charge is -2.44. The summed E-state index contributed by atoms with van der Waals surface area (Å²) in [6.45, 7) is 17.8. The lowest BCUT2D eigenvalue weighted by atomic mass is 10.0. The first-order chi connectivity index (χ1) is 45.1. The summed E-state index contributed by atoms with van der Waals surface area (Å²) in [5.74, 6) is 0.655. The van der Waals surface area contributed by atoms with Gasteiger partial charge in [-0.25, -0.2) is 13.2 Å². The highest BCUT2D eigenvalue weighted by Gasteiger charge is 2.37. The van der Waals surface area contributed by atoms with E-state index in [1.807, 2.05) is 69.1 Å². The molecule has 0 saturated carbocycles. The summed E-state index contributed by atoms with van der Waals surface area (Å²) in [5, 5.41) is 2.63. The summed E-state index contributed by atoms with van der Waals surface area (Å²) in [7, 11) is 0. The predicted molar refractivity (Wildman–Crippen MR) is 361 cm³/mol. The zero-order valence-electron chi connectivity index (χ0n) is 53.0. The number of fused-ring (bicyclic) bond motifs is 3. The van der Waals surface area contributed by atoms with E-state index in [9.17, 15) is 46.7 Å². The second-order valence-electron chi connectivity index (χ2n) is 24.8. The molecule has 6 heterocycles. The minimum Gasteiger partial charge on any atom is -0.363 e. The van der Waals surface area contributed by atoms with Crippen LogP contribution in [0, 0.1) is 17.5 Å². The Morgan fingerprint density at radius 2 is 0.811 bits per heavy atom. The van der Waals surface area contributed by atoms with Crippen LogP contribution in [0.1, 0.15) is 110 Å². The zero-order chi connectivity index (χ0) is 68.4. The summed E-state index contributed by atoms with van der Waals surface area (Å²) >= 11 is 19.3. The number of nitrogens with two attached hydrogens (primary N) is 3. The molecule has 0 aliphatic carbocycles. The first-order valence-corrected chi connectivity index (χ1v) is 32.0. The molecule has 0 bridgehead atoms. The van der Waals surface area contributed by atoms with Gasteiger partial charge in [0.2, 0.25) is 0 Å². The van der Waals surface area contributed by atoms with Crippen molar-refractivity contribution in [1.82, 2.24) is 44.0 Å². The van der Waals surface area contributed by atoms with Crippen molar-refractivity contribution >= 4 is 109 Å². The fourth-order valence-electron chi connectivity index (χ4n) is 12.7. The highest BCUT2D eigenvalue weighted by molar-refractivity contribution is 6.45. The van der Waals surface area contributed by atoms with Gasteiger partial charge in [-0.3, -0.25) is 52.9 Å². The molecule has 496 valence electrons. The van der Waals surface area contributed by atoms with E-state index in [2.05, 4.69) is 38.5 Å². The molecule has 5 amide bonds. The predicted octanol–water partition coefficient (Wildman–Crippen LogP) is 10.6. The number of amides is 5. The van der Waals surface area contributed by atoms with Gasteiger partial charge in [0.05, 0.1) is 48.4 Å². The molecular weight excluding hydrogens is 1280 g/mol. The molecule has 25 heteroatoms. The van der Waals surface area contributed by atoms with Crippen LogP contribution in [0.5, 0.6) is 0 Å². The number of primary amides is 2. The Hall–Kier alpha value is -9.03. The van der Waals surface area contributed by atoms with E-state index in [4.69, 9.17) is 52.1 Å². The van der Waals surface area contributed by atoms with E-state index in [1.165, 1.54) is 71.7 Å². The zero-order valence-corrected chi connectivity index (χ0v) is 55.3. The van der Waals surface area contributed by atoms with Crippen LogP contribution in [0.15, 0.2) is 134 Å². The van der Waals surface area contributed by atoms with Crippen molar-refractivity contribution in [1.29, 1.82) is 0 Å². The summed E-state index contributed by atoms with van der Waals surface area (Å²) in [6.07, 6.45) is 4.52. The van der Waals surface area contributed by atoms with Crippen LogP contribution in [0.3, 0.4) is 0 Å². The maximum atomic E-state index is 13.5. The van der Waals surface area contributed by atoms with Gasteiger partial charge in [-0.15, -0.1) is 0 Å². The number of hydrogen-bond donors (Lipinski definition) is 5. The SMILES string of the molecule is C[C@@H]1CN(Cc2ccc(F)cc2)[C@@H](C)CN1C(=O)c1cc2c(C(=O)C(N)=O)c[nH]c2cc1Cl.C[C@@H]1CN(Cc2ccc(F)cc2)[C@@H](C)CN1C(=O)c1cc2c(C(=O)C(N)=O)cn(N)c2cc1Cl.C[C@@H]1CN(Cc2ccc(F)cc2)[C@@H](C)CN1C(=O)c1cc2cc[nH]c2cc1Cl. The average molecular weight is 1360 g/mol. The van der Waals surface area contributed by atoms with Gasteiger partial charge in [0.15, 0.2) is 0 Å². The van der Waals surface area contributed by atoms with Crippen molar-refractivity contribution in [2.24, 2.45) is 11.5 Å². The minimum absolute atomic E-state index is 0.0150. The highest BCUT2D eigenvalue weighted by Crippen LogP contribution is 2.33. The average Bonchev–Trinajstić information content (AvgIpc) is 1.71. The van der Waals surface area contributed by atoms with Crippen molar-refractivity contribution in [3.63, 3.8) is 0 Å². The topological polar surface area (TPSA) is 254 Å². The molecule has 6 atom stereocenters. The molecule has 0 unspecified atom stereocenters. The summed E-state index contributed by atoms with van der Waals surface area (Å²) in [6, 6.07) is 31.3. The Bertz CT molecular complexity index is 4410. The first-order valence-electron chi connectivity index (χ1n) is 30.9. The molecule has 3 fully saturated rings. The molecule has 12 rings (SSSR count). The van der Waals surface area contributed by atoms with E-state index in [-0.39, 0.29) is 104 Å². The van der Waals surface area contributed by atoms with Crippen LogP contribution in [0.2, 0.25) is 15.1 Å². The number of aromatic nitrogens is 3. The van der Waals surface area contributed by atoms with Gasteiger partial charge in [-0.2, -0.15) is 0 Å².